The predicted octanol–water partition coefficient (Wildman–Crippen LogP) is 12.8. The Morgan fingerprint density at radius 1 is 0.473 bits per heavy atom. The molecule has 55 heavy (non-hydrogen) atoms. The van der Waals surface area contributed by atoms with E-state index in [0.717, 1.165) is 89.2 Å². The molecule has 1 aliphatic heterocycles. The van der Waals surface area contributed by atoms with E-state index in [1.54, 1.807) is 12.4 Å². The Morgan fingerprint density at radius 3 is 2.09 bits per heavy atom. The minimum atomic E-state index is 0.806. The van der Waals surface area contributed by atoms with Crippen LogP contribution in [-0.4, -0.2) is 19.5 Å². The molecule has 0 radical (unpaired) electrons. The number of para-hydroxylation sites is 1. The van der Waals surface area contributed by atoms with Crippen molar-refractivity contribution in [2.45, 2.75) is 0 Å². The number of benzene rings is 7. The van der Waals surface area contributed by atoms with Crippen molar-refractivity contribution >= 4 is 71.6 Å². The quantitative estimate of drug-likeness (QED) is 0.183. The maximum atomic E-state index is 6.78. The smallest absolute Gasteiger partial charge is 0.145 e. The van der Waals surface area contributed by atoms with E-state index in [0.29, 0.717) is 0 Å². The summed E-state index contributed by atoms with van der Waals surface area (Å²) in [4.78, 5) is 16.3. The zero-order valence-corrected chi connectivity index (χ0v) is 29.4. The maximum absolute atomic E-state index is 6.78. The summed E-state index contributed by atoms with van der Waals surface area (Å²) >= 11 is 0. The lowest BCUT2D eigenvalue weighted by molar-refractivity contribution is 0.673. The highest BCUT2D eigenvalue weighted by Gasteiger charge is 2.32. The van der Waals surface area contributed by atoms with Crippen LogP contribution < -0.4 is 4.90 Å². The molecule has 256 valence electrons. The van der Waals surface area contributed by atoms with Crippen LogP contribution in [0.15, 0.2) is 181 Å². The molecule has 0 saturated heterocycles. The molecular formula is C49H29N5O. The van der Waals surface area contributed by atoms with Crippen molar-refractivity contribution in [3.05, 3.63) is 176 Å². The number of hydrogen-bond acceptors (Lipinski definition) is 5. The van der Waals surface area contributed by atoms with Gasteiger partial charge in [0.1, 0.15) is 11.2 Å². The van der Waals surface area contributed by atoms with Crippen LogP contribution in [0.2, 0.25) is 0 Å². The van der Waals surface area contributed by atoms with Crippen molar-refractivity contribution in [1.29, 1.82) is 0 Å². The highest BCUT2D eigenvalue weighted by Crippen LogP contribution is 2.54. The number of hydrogen-bond donors (Lipinski definition) is 0. The maximum Gasteiger partial charge on any atom is 0.145 e. The second-order valence-corrected chi connectivity index (χ2v) is 14.1. The third-order valence-corrected chi connectivity index (χ3v) is 11.1. The minimum Gasteiger partial charge on any atom is -0.455 e. The van der Waals surface area contributed by atoms with E-state index >= 15 is 0 Å². The molecule has 0 fully saturated rings. The van der Waals surface area contributed by atoms with E-state index in [1.807, 2.05) is 30.6 Å². The highest BCUT2D eigenvalue weighted by atomic mass is 16.3. The van der Waals surface area contributed by atoms with Gasteiger partial charge in [0.15, 0.2) is 0 Å². The number of pyridine rings is 1. The Labute approximate surface area is 315 Å². The van der Waals surface area contributed by atoms with Crippen LogP contribution in [-0.2, 0) is 0 Å². The molecule has 6 heteroatoms. The molecule has 0 aliphatic carbocycles. The van der Waals surface area contributed by atoms with Crippen LogP contribution in [0.4, 0.5) is 17.1 Å². The zero-order chi connectivity index (χ0) is 36.0. The summed E-state index contributed by atoms with van der Waals surface area (Å²) in [5, 5.41) is 6.92. The average molecular weight is 704 g/mol. The van der Waals surface area contributed by atoms with E-state index in [4.69, 9.17) is 14.4 Å². The van der Waals surface area contributed by atoms with Gasteiger partial charge in [-0.2, -0.15) is 0 Å². The standard InChI is InChI=1S/C49H29N5O/c1-2-9-30(10-3-1)32-17-19-41-43(26-32)53(35-13-8-12-34(25-35)40-29-51-39(28-52-40)31-21-23-50-24-22-31)44-27-33-11-4-5-14-36(33)46-47-42(54(41)48(44)46)20-18-38-37-15-6-7-16-45(37)55-49(38)47/h1-29H. The van der Waals surface area contributed by atoms with E-state index < -0.39 is 0 Å². The first-order valence-electron chi connectivity index (χ1n) is 18.4. The Bertz CT molecular complexity index is 3310. The summed E-state index contributed by atoms with van der Waals surface area (Å²) < 4.78 is 9.23. The zero-order valence-electron chi connectivity index (χ0n) is 29.4. The van der Waals surface area contributed by atoms with Crippen LogP contribution in [0.1, 0.15) is 0 Å². The third kappa shape index (κ3) is 4.39. The second-order valence-electron chi connectivity index (χ2n) is 14.1. The fourth-order valence-corrected chi connectivity index (χ4v) is 8.61. The van der Waals surface area contributed by atoms with Gasteiger partial charge in [-0.25, -0.2) is 0 Å². The Balaban J connectivity index is 1.16. The molecule has 11 aromatic rings. The van der Waals surface area contributed by atoms with E-state index in [2.05, 4.69) is 148 Å². The largest absolute Gasteiger partial charge is 0.455 e. The van der Waals surface area contributed by atoms with E-state index in [-0.39, 0.29) is 0 Å². The summed E-state index contributed by atoms with van der Waals surface area (Å²) in [5.41, 5.74) is 14.3. The topological polar surface area (TPSA) is 60.0 Å². The third-order valence-electron chi connectivity index (χ3n) is 11.1. The molecule has 12 rings (SSSR count). The van der Waals surface area contributed by atoms with Crippen molar-refractivity contribution in [2.24, 2.45) is 0 Å². The van der Waals surface area contributed by atoms with Gasteiger partial charge in [0.05, 0.1) is 57.3 Å². The SMILES string of the molecule is c1ccc(-c2ccc3c(c2)N(c2cccc(-c4cnc(-c5ccncc5)cn4)c2)c2cc4ccccc4c4c5c6oc7ccccc7c6ccc5n-3c24)cc1. The van der Waals surface area contributed by atoms with Crippen molar-refractivity contribution in [3.8, 4) is 39.3 Å². The van der Waals surface area contributed by atoms with Crippen molar-refractivity contribution < 1.29 is 4.42 Å². The number of furan rings is 1. The molecule has 0 amide bonds. The summed E-state index contributed by atoms with van der Waals surface area (Å²) in [6.45, 7) is 0. The fraction of sp³-hybridized carbons (Fsp3) is 0. The molecule has 6 nitrogen and oxygen atoms in total. The van der Waals surface area contributed by atoms with Crippen LogP contribution >= 0.6 is 0 Å². The lowest BCUT2D eigenvalue weighted by Gasteiger charge is -2.34. The van der Waals surface area contributed by atoms with Crippen LogP contribution in [0.3, 0.4) is 0 Å². The van der Waals surface area contributed by atoms with Crippen LogP contribution in [0.25, 0.3) is 93.8 Å². The molecule has 0 atom stereocenters. The van der Waals surface area contributed by atoms with Gasteiger partial charge in [0.2, 0.25) is 0 Å². The lowest BCUT2D eigenvalue weighted by atomic mass is 9.98. The minimum absolute atomic E-state index is 0.806. The predicted molar refractivity (Wildman–Crippen MR) is 223 cm³/mol. The van der Waals surface area contributed by atoms with Gasteiger partial charge >= 0.3 is 0 Å². The molecule has 1 aliphatic rings. The van der Waals surface area contributed by atoms with Gasteiger partial charge in [-0.05, 0) is 82.6 Å². The summed E-state index contributed by atoms with van der Waals surface area (Å²) in [5.74, 6) is 0. The number of anilines is 3. The Morgan fingerprint density at radius 2 is 1.24 bits per heavy atom. The summed E-state index contributed by atoms with van der Waals surface area (Å²) in [6, 6.07) is 53.9. The van der Waals surface area contributed by atoms with Crippen LogP contribution in [0.5, 0.6) is 0 Å². The van der Waals surface area contributed by atoms with E-state index in [1.165, 1.54) is 21.7 Å². The van der Waals surface area contributed by atoms with Gasteiger partial charge in [0, 0.05) is 45.4 Å². The second kappa shape index (κ2) is 11.5. The first-order valence-corrected chi connectivity index (χ1v) is 18.4. The van der Waals surface area contributed by atoms with Gasteiger partial charge in [-0.3, -0.25) is 15.0 Å². The van der Waals surface area contributed by atoms with Crippen molar-refractivity contribution in [1.82, 2.24) is 19.5 Å². The average Bonchev–Trinajstić information content (AvgIpc) is 3.82. The molecule has 0 spiro atoms. The molecule has 4 aromatic heterocycles. The molecule has 7 aromatic carbocycles. The fourth-order valence-electron chi connectivity index (χ4n) is 8.61. The molecule has 0 bridgehead atoms. The Kier molecular flexibility index (Phi) is 6.24. The number of rotatable bonds is 4. The van der Waals surface area contributed by atoms with Gasteiger partial charge in [0.25, 0.3) is 0 Å². The van der Waals surface area contributed by atoms with Gasteiger partial charge in [-0.1, -0.05) is 91.0 Å². The lowest BCUT2D eigenvalue weighted by Crippen LogP contribution is -2.18. The molecule has 0 unspecified atom stereocenters. The number of aromatic nitrogens is 4. The normalized spacial score (nSPS) is 12.3. The van der Waals surface area contributed by atoms with E-state index in [9.17, 15) is 0 Å². The molecular weight excluding hydrogens is 675 g/mol. The van der Waals surface area contributed by atoms with Crippen LogP contribution in [0, 0.1) is 0 Å². The summed E-state index contributed by atoms with van der Waals surface area (Å²) in [7, 11) is 0. The van der Waals surface area contributed by atoms with Crippen molar-refractivity contribution in [2.75, 3.05) is 4.90 Å². The number of nitrogens with zero attached hydrogens (tertiary/aromatic N) is 5. The van der Waals surface area contributed by atoms with Gasteiger partial charge in [-0.15, -0.1) is 0 Å². The first kappa shape index (κ1) is 29.9. The first-order chi connectivity index (χ1) is 27.3. The Hall–Kier alpha value is -7.57. The molecule has 5 heterocycles. The number of fused-ring (bicyclic) bond motifs is 11. The monoisotopic (exact) mass is 703 g/mol. The van der Waals surface area contributed by atoms with Crippen molar-refractivity contribution in [3.63, 3.8) is 0 Å². The molecule has 0 N–H and O–H groups in total. The molecule has 0 saturated carbocycles. The van der Waals surface area contributed by atoms with Gasteiger partial charge < -0.3 is 13.9 Å². The highest BCUT2D eigenvalue weighted by molar-refractivity contribution is 6.32. The summed E-state index contributed by atoms with van der Waals surface area (Å²) in [6.07, 6.45) is 7.24.